The molecule has 0 radical (unpaired) electrons. The first kappa shape index (κ1) is 13.1. The fourth-order valence-corrected chi connectivity index (χ4v) is 2.08. The van der Waals surface area contributed by atoms with E-state index < -0.39 is 6.10 Å². The maximum absolute atomic E-state index is 10.1. The van der Waals surface area contributed by atoms with Crippen LogP contribution in [0.5, 0.6) is 0 Å². The third kappa shape index (κ3) is 2.92. The second kappa shape index (κ2) is 5.55. The summed E-state index contributed by atoms with van der Waals surface area (Å²) < 4.78 is 1.97. The highest BCUT2D eigenvalue weighted by molar-refractivity contribution is 6.31. The highest BCUT2D eigenvalue weighted by atomic mass is 35.5. The van der Waals surface area contributed by atoms with Gasteiger partial charge in [0, 0.05) is 30.9 Å². The van der Waals surface area contributed by atoms with Gasteiger partial charge in [-0.3, -0.25) is 0 Å². The molecule has 1 aromatic carbocycles. The molecular weight excluding hydrogens is 248 g/mol. The Kier molecular flexibility index (Phi) is 4.04. The maximum atomic E-state index is 10.1. The third-order valence-electron chi connectivity index (χ3n) is 3.14. The van der Waals surface area contributed by atoms with Crippen LogP contribution in [0.3, 0.4) is 0 Å². The summed E-state index contributed by atoms with van der Waals surface area (Å²) in [6.45, 7) is 1.95. The highest BCUT2D eigenvalue weighted by Crippen LogP contribution is 2.24. The van der Waals surface area contributed by atoms with Crippen LogP contribution in [0.25, 0.3) is 0 Å². The summed E-state index contributed by atoms with van der Waals surface area (Å²) in [5, 5.41) is 10.8. The van der Waals surface area contributed by atoms with Crippen LogP contribution in [0.1, 0.15) is 29.5 Å². The number of aliphatic hydroxyl groups is 1. The fourth-order valence-electron chi connectivity index (χ4n) is 1.89. The van der Waals surface area contributed by atoms with Gasteiger partial charge in [-0.15, -0.1) is 0 Å². The number of benzene rings is 1. The van der Waals surface area contributed by atoms with Gasteiger partial charge < -0.3 is 9.67 Å². The number of nitrogens with zero attached hydrogens (tertiary/aromatic N) is 2. The van der Waals surface area contributed by atoms with Gasteiger partial charge in [0.1, 0.15) is 5.82 Å². The minimum absolute atomic E-state index is 0.500. The van der Waals surface area contributed by atoms with Crippen LogP contribution in [0.4, 0.5) is 0 Å². The standard InChI is InChI=1S/C14H17ClN2O/c1-10-3-4-11(9-12(10)15)13(18)5-6-14-16-7-8-17(14)2/h3-4,7-9,13,18H,5-6H2,1-2H3. The van der Waals surface area contributed by atoms with Gasteiger partial charge in [-0.2, -0.15) is 0 Å². The van der Waals surface area contributed by atoms with Crippen molar-refractivity contribution in [3.05, 3.63) is 52.6 Å². The molecule has 0 aliphatic carbocycles. The summed E-state index contributed by atoms with van der Waals surface area (Å²) in [6, 6.07) is 5.69. The SMILES string of the molecule is Cc1ccc(C(O)CCc2nccn2C)cc1Cl. The number of imidazole rings is 1. The molecule has 0 bridgehead atoms. The van der Waals surface area contributed by atoms with Crippen molar-refractivity contribution in [1.29, 1.82) is 0 Å². The van der Waals surface area contributed by atoms with Crippen molar-refractivity contribution >= 4 is 11.6 Å². The molecular formula is C14H17ClN2O. The Balaban J connectivity index is 2.01. The Morgan fingerprint density at radius 2 is 2.22 bits per heavy atom. The lowest BCUT2D eigenvalue weighted by Crippen LogP contribution is -2.03. The average Bonchev–Trinajstić information content (AvgIpc) is 2.75. The number of halogens is 1. The molecule has 18 heavy (non-hydrogen) atoms. The molecule has 0 aliphatic rings. The van der Waals surface area contributed by atoms with Gasteiger partial charge in [0.2, 0.25) is 0 Å². The summed E-state index contributed by atoms with van der Waals surface area (Å²) in [6.07, 6.45) is 4.56. The molecule has 1 unspecified atom stereocenters. The lowest BCUT2D eigenvalue weighted by atomic mass is 10.0. The molecule has 1 N–H and O–H groups in total. The Labute approximate surface area is 112 Å². The van der Waals surface area contributed by atoms with Crippen molar-refractivity contribution in [2.75, 3.05) is 0 Å². The number of hydrogen-bond acceptors (Lipinski definition) is 2. The van der Waals surface area contributed by atoms with Crippen molar-refractivity contribution in [3.8, 4) is 0 Å². The van der Waals surface area contributed by atoms with Gasteiger partial charge in [-0.05, 0) is 30.5 Å². The summed E-state index contributed by atoms with van der Waals surface area (Å²) >= 11 is 6.06. The smallest absolute Gasteiger partial charge is 0.108 e. The van der Waals surface area contributed by atoms with Gasteiger partial charge in [-0.1, -0.05) is 23.7 Å². The quantitative estimate of drug-likeness (QED) is 0.922. The summed E-state index contributed by atoms with van der Waals surface area (Å²) in [7, 11) is 1.96. The van der Waals surface area contributed by atoms with Crippen LogP contribution in [0, 0.1) is 6.92 Å². The first-order chi connectivity index (χ1) is 8.58. The van der Waals surface area contributed by atoms with E-state index in [1.165, 1.54) is 0 Å². The Morgan fingerprint density at radius 1 is 1.44 bits per heavy atom. The molecule has 4 heteroatoms. The van der Waals surface area contributed by atoms with E-state index >= 15 is 0 Å². The van der Waals surface area contributed by atoms with E-state index in [0.29, 0.717) is 11.4 Å². The first-order valence-electron chi connectivity index (χ1n) is 5.98. The van der Waals surface area contributed by atoms with Gasteiger partial charge in [0.05, 0.1) is 6.10 Å². The van der Waals surface area contributed by atoms with E-state index in [9.17, 15) is 5.11 Å². The van der Waals surface area contributed by atoms with E-state index in [1.807, 2.05) is 42.9 Å². The van der Waals surface area contributed by atoms with Crippen molar-refractivity contribution in [2.24, 2.45) is 7.05 Å². The largest absolute Gasteiger partial charge is 0.388 e. The summed E-state index contributed by atoms with van der Waals surface area (Å²) in [5.74, 6) is 0.979. The molecule has 0 aliphatic heterocycles. The predicted molar refractivity (Wildman–Crippen MR) is 72.7 cm³/mol. The zero-order valence-corrected chi connectivity index (χ0v) is 11.4. The lowest BCUT2D eigenvalue weighted by Gasteiger charge is -2.12. The third-order valence-corrected chi connectivity index (χ3v) is 3.55. The van der Waals surface area contributed by atoms with Crippen LogP contribution in [0.15, 0.2) is 30.6 Å². The topological polar surface area (TPSA) is 38.1 Å². The molecule has 2 aromatic rings. The van der Waals surface area contributed by atoms with E-state index in [-0.39, 0.29) is 0 Å². The van der Waals surface area contributed by atoms with E-state index in [4.69, 9.17) is 11.6 Å². The zero-order valence-electron chi connectivity index (χ0n) is 10.6. The van der Waals surface area contributed by atoms with Crippen LogP contribution < -0.4 is 0 Å². The summed E-state index contributed by atoms with van der Waals surface area (Å²) in [5.41, 5.74) is 1.89. The minimum atomic E-state index is -0.500. The number of aliphatic hydroxyl groups excluding tert-OH is 1. The molecule has 1 aromatic heterocycles. The second-order valence-corrected chi connectivity index (χ2v) is 4.92. The van der Waals surface area contributed by atoms with E-state index in [1.54, 1.807) is 6.20 Å². The zero-order chi connectivity index (χ0) is 13.1. The molecule has 2 rings (SSSR count). The molecule has 1 heterocycles. The Morgan fingerprint density at radius 3 is 2.83 bits per heavy atom. The second-order valence-electron chi connectivity index (χ2n) is 4.52. The van der Waals surface area contributed by atoms with Crippen molar-refractivity contribution < 1.29 is 5.11 Å². The monoisotopic (exact) mass is 264 g/mol. The Bertz CT molecular complexity index is 536. The van der Waals surface area contributed by atoms with Crippen LogP contribution in [-0.4, -0.2) is 14.7 Å². The molecule has 3 nitrogen and oxygen atoms in total. The Hall–Kier alpha value is -1.32. The summed E-state index contributed by atoms with van der Waals surface area (Å²) in [4.78, 5) is 4.24. The van der Waals surface area contributed by atoms with Crippen molar-refractivity contribution in [3.63, 3.8) is 0 Å². The van der Waals surface area contributed by atoms with E-state index in [2.05, 4.69) is 4.98 Å². The minimum Gasteiger partial charge on any atom is -0.388 e. The first-order valence-corrected chi connectivity index (χ1v) is 6.36. The number of rotatable bonds is 4. The molecule has 0 saturated heterocycles. The lowest BCUT2D eigenvalue weighted by molar-refractivity contribution is 0.167. The fraction of sp³-hybridized carbons (Fsp3) is 0.357. The molecule has 0 fully saturated rings. The van der Waals surface area contributed by atoms with Crippen LogP contribution in [-0.2, 0) is 13.5 Å². The van der Waals surface area contributed by atoms with Gasteiger partial charge >= 0.3 is 0 Å². The van der Waals surface area contributed by atoms with Crippen LogP contribution >= 0.6 is 11.6 Å². The number of hydrogen-bond donors (Lipinski definition) is 1. The average molecular weight is 265 g/mol. The van der Waals surface area contributed by atoms with Crippen LogP contribution in [0.2, 0.25) is 5.02 Å². The van der Waals surface area contributed by atoms with Gasteiger partial charge in [0.15, 0.2) is 0 Å². The molecule has 0 spiro atoms. The van der Waals surface area contributed by atoms with Crippen molar-refractivity contribution in [1.82, 2.24) is 9.55 Å². The molecule has 0 saturated carbocycles. The van der Waals surface area contributed by atoms with Gasteiger partial charge in [0.25, 0.3) is 0 Å². The van der Waals surface area contributed by atoms with Gasteiger partial charge in [-0.25, -0.2) is 4.98 Å². The number of aryl methyl sites for hydroxylation is 3. The molecule has 96 valence electrons. The maximum Gasteiger partial charge on any atom is 0.108 e. The molecule has 1 atom stereocenters. The highest BCUT2D eigenvalue weighted by Gasteiger charge is 2.10. The predicted octanol–water partition coefficient (Wildman–Crippen LogP) is 3.05. The van der Waals surface area contributed by atoms with Crippen molar-refractivity contribution in [2.45, 2.75) is 25.9 Å². The van der Waals surface area contributed by atoms with E-state index in [0.717, 1.165) is 23.4 Å². The molecule has 0 amide bonds. The normalized spacial score (nSPS) is 12.7. The number of aromatic nitrogens is 2.